The van der Waals surface area contributed by atoms with E-state index >= 15 is 0 Å². The lowest BCUT2D eigenvalue weighted by Crippen LogP contribution is -2.29. The normalized spacial score (nSPS) is 12.0. The number of aromatic nitrogens is 1. The Morgan fingerprint density at radius 3 is 2.38 bits per heavy atom. The van der Waals surface area contributed by atoms with E-state index in [4.69, 9.17) is 9.82 Å². The Hall–Kier alpha value is -3.21. The van der Waals surface area contributed by atoms with Crippen LogP contribution in [0, 0.1) is 5.92 Å². The number of aryl methyl sites for hydroxylation is 1. The fourth-order valence-electron chi connectivity index (χ4n) is 3.99. The fourth-order valence-corrected chi connectivity index (χ4v) is 3.99. The zero-order valence-electron chi connectivity index (χ0n) is 20.5. The summed E-state index contributed by atoms with van der Waals surface area (Å²) in [5, 5.41) is 1.16. The van der Waals surface area contributed by atoms with Crippen molar-refractivity contribution >= 4 is 22.8 Å². The van der Waals surface area contributed by atoms with Crippen LogP contribution in [-0.4, -0.2) is 16.9 Å². The van der Waals surface area contributed by atoms with Gasteiger partial charge >= 0.3 is 5.97 Å². The average molecular weight is 461 g/mol. The minimum atomic E-state index is -0.451. The molecule has 1 atom stereocenters. The molecule has 3 rings (SSSR count). The van der Waals surface area contributed by atoms with Crippen LogP contribution in [-0.2, 0) is 27.3 Å². The number of nitrogens with zero attached hydrogens (tertiary/aromatic N) is 1. The first-order valence-corrected chi connectivity index (χ1v) is 12.4. The summed E-state index contributed by atoms with van der Waals surface area (Å²) in [4.78, 5) is 34.1. The number of rotatable bonds is 11. The van der Waals surface area contributed by atoms with Gasteiger partial charge in [0, 0.05) is 17.5 Å². The highest BCUT2D eigenvalue weighted by Gasteiger charge is 2.18. The molecule has 0 aliphatic rings. The second-order valence-electron chi connectivity index (χ2n) is 9.42. The molecule has 5 heteroatoms. The van der Waals surface area contributed by atoms with Crippen molar-refractivity contribution in [2.24, 2.45) is 5.92 Å². The highest BCUT2D eigenvalue weighted by molar-refractivity contribution is 5.81. The van der Waals surface area contributed by atoms with Gasteiger partial charge in [-0.25, -0.2) is 4.79 Å². The Morgan fingerprint density at radius 2 is 1.62 bits per heavy atom. The van der Waals surface area contributed by atoms with E-state index in [0.717, 1.165) is 60.7 Å². The third-order valence-corrected chi connectivity index (χ3v) is 5.99. The van der Waals surface area contributed by atoms with Crippen LogP contribution in [0.2, 0.25) is 0 Å². The topological polar surface area (TPSA) is 68.3 Å². The van der Waals surface area contributed by atoms with E-state index < -0.39 is 11.9 Å². The van der Waals surface area contributed by atoms with Gasteiger partial charge in [0.1, 0.15) is 0 Å². The number of carbonyl (C=O) groups is 2. The number of nitrogens with one attached hydrogen (secondary N) is 1. The third-order valence-electron chi connectivity index (χ3n) is 5.99. The van der Waals surface area contributed by atoms with Gasteiger partial charge in [-0.15, -0.1) is 0 Å². The number of para-hydroxylation sites is 1. The van der Waals surface area contributed by atoms with Crippen LogP contribution in [0.4, 0.5) is 0 Å². The molecule has 0 aliphatic carbocycles. The van der Waals surface area contributed by atoms with Crippen molar-refractivity contribution in [2.75, 3.05) is 0 Å². The van der Waals surface area contributed by atoms with Gasteiger partial charge in [0.25, 0.3) is 5.91 Å². The van der Waals surface area contributed by atoms with Gasteiger partial charge in [0.15, 0.2) is 0 Å². The molecule has 34 heavy (non-hydrogen) atoms. The molecule has 3 aromatic rings. The molecule has 0 radical (unpaired) electrons. The number of fused-ring (bicyclic) bond motifs is 1. The summed E-state index contributed by atoms with van der Waals surface area (Å²) >= 11 is 0. The van der Waals surface area contributed by atoms with Crippen LogP contribution in [0.5, 0.6) is 0 Å². The highest BCUT2D eigenvalue weighted by atomic mass is 16.7. The third kappa shape index (κ3) is 7.98. The van der Waals surface area contributed by atoms with E-state index in [9.17, 15) is 9.59 Å². The minimum absolute atomic E-state index is 0.260. The predicted octanol–water partition coefficient (Wildman–Crippen LogP) is 6.30. The molecule has 0 fully saturated rings. The Labute approximate surface area is 202 Å². The highest BCUT2D eigenvalue weighted by Crippen LogP contribution is 2.19. The Kier molecular flexibility index (Phi) is 9.62. The molecule has 0 aliphatic heterocycles. The zero-order chi connectivity index (χ0) is 24.3. The molecule has 1 amide bonds. The molecule has 0 saturated heterocycles. The summed E-state index contributed by atoms with van der Waals surface area (Å²) in [5.74, 6) is -0.556. The summed E-state index contributed by atoms with van der Waals surface area (Å²) < 4.78 is 0. The van der Waals surface area contributed by atoms with E-state index in [2.05, 4.69) is 37.5 Å². The van der Waals surface area contributed by atoms with Crippen LogP contribution in [0.15, 0.2) is 60.7 Å². The van der Waals surface area contributed by atoms with Crippen molar-refractivity contribution in [3.63, 3.8) is 0 Å². The quantitative estimate of drug-likeness (QED) is 0.269. The van der Waals surface area contributed by atoms with Crippen molar-refractivity contribution in [3.05, 3.63) is 77.5 Å². The lowest BCUT2D eigenvalue weighted by molar-refractivity contribution is -0.159. The van der Waals surface area contributed by atoms with Gasteiger partial charge in [-0.3, -0.25) is 9.78 Å². The molecule has 1 heterocycles. The number of hydroxylamine groups is 1. The van der Waals surface area contributed by atoms with E-state index in [1.54, 1.807) is 6.92 Å². The average Bonchev–Trinajstić information content (AvgIpc) is 2.84. The molecule has 1 unspecified atom stereocenters. The monoisotopic (exact) mass is 460 g/mol. The number of amides is 1. The standard InChI is InChI=1S/C29H36N2O3/c1-21(2)20-23-14-16-24(17-15-23)22(3)29(33)34-31-28(32)13-7-5-4-6-11-26-19-18-25-10-8-9-12-27(25)30-26/h8-10,12,14-19,21-22H,4-7,11,13,20H2,1-3H3,(H,31,32). The first-order valence-electron chi connectivity index (χ1n) is 12.4. The van der Waals surface area contributed by atoms with Crippen LogP contribution in [0.1, 0.15) is 75.6 Å². The molecule has 1 N–H and O–H groups in total. The number of hydrogen-bond donors (Lipinski definition) is 1. The van der Waals surface area contributed by atoms with E-state index in [1.165, 1.54) is 5.56 Å². The predicted molar refractivity (Wildman–Crippen MR) is 136 cm³/mol. The maximum Gasteiger partial charge on any atom is 0.339 e. The Balaban J connectivity index is 1.29. The van der Waals surface area contributed by atoms with Crippen molar-refractivity contribution < 1.29 is 14.4 Å². The van der Waals surface area contributed by atoms with E-state index in [-0.39, 0.29) is 5.91 Å². The first-order chi connectivity index (χ1) is 16.4. The van der Waals surface area contributed by atoms with Crippen LogP contribution in [0.3, 0.4) is 0 Å². The summed E-state index contributed by atoms with van der Waals surface area (Å²) in [7, 11) is 0. The molecular formula is C29H36N2O3. The molecular weight excluding hydrogens is 424 g/mol. The summed E-state index contributed by atoms with van der Waals surface area (Å²) in [5.41, 5.74) is 6.57. The number of unbranched alkanes of at least 4 members (excludes halogenated alkanes) is 3. The summed E-state index contributed by atoms with van der Waals surface area (Å²) in [6, 6.07) is 20.4. The van der Waals surface area contributed by atoms with Gasteiger partial charge < -0.3 is 4.84 Å². The van der Waals surface area contributed by atoms with Gasteiger partial charge in [-0.1, -0.05) is 75.2 Å². The van der Waals surface area contributed by atoms with Crippen molar-refractivity contribution in [1.29, 1.82) is 0 Å². The minimum Gasteiger partial charge on any atom is -0.340 e. The molecule has 2 aromatic carbocycles. The second-order valence-corrected chi connectivity index (χ2v) is 9.42. The largest absolute Gasteiger partial charge is 0.340 e. The number of carbonyl (C=O) groups excluding carboxylic acids is 2. The van der Waals surface area contributed by atoms with Gasteiger partial charge in [-0.05, 0) is 61.8 Å². The molecule has 0 bridgehead atoms. The Bertz CT molecular complexity index is 1080. The Morgan fingerprint density at radius 1 is 0.882 bits per heavy atom. The maximum atomic E-state index is 12.3. The van der Waals surface area contributed by atoms with Crippen molar-refractivity contribution in [2.45, 2.75) is 71.6 Å². The zero-order valence-corrected chi connectivity index (χ0v) is 20.5. The second kappa shape index (κ2) is 12.9. The van der Waals surface area contributed by atoms with Crippen LogP contribution >= 0.6 is 0 Å². The molecule has 1 aromatic heterocycles. The fraction of sp³-hybridized carbons (Fsp3) is 0.414. The van der Waals surface area contributed by atoms with Gasteiger partial charge in [0.2, 0.25) is 0 Å². The smallest absolute Gasteiger partial charge is 0.339 e. The maximum absolute atomic E-state index is 12.3. The van der Waals surface area contributed by atoms with Gasteiger partial charge in [0.05, 0.1) is 11.4 Å². The number of benzene rings is 2. The number of pyridine rings is 1. The molecule has 0 saturated carbocycles. The van der Waals surface area contributed by atoms with E-state index in [1.807, 2.05) is 42.5 Å². The van der Waals surface area contributed by atoms with Gasteiger partial charge in [-0.2, -0.15) is 5.48 Å². The molecule has 0 spiro atoms. The first kappa shape index (κ1) is 25.4. The lowest BCUT2D eigenvalue weighted by Gasteiger charge is -2.13. The SMILES string of the molecule is CC(C)Cc1ccc(C(C)C(=O)ONC(=O)CCCCCCc2ccc3ccccc3n2)cc1. The summed E-state index contributed by atoms with van der Waals surface area (Å²) in [6.45, 7) is 6.15. The molecule has 5 nitrogen and oxygen atoms in total. The van der Waals surface area contributed by atoms with Crippen LogP contribution in [0.25, 0.3) is 10.9 Å². The lowest BCUT2D eigenvalue weighted by atomic mass is 9.97. The summed E-state index contributed by atoms with van der Waals surface area (Å²) in [6.07, 6.45) is 6.08. The van der Waals surface area contributed by atoms with E-state index in [0.29, 0.717) is 12.3 Å². The number of hydrogen-bond acceptors (Lipinski definition) is 4. The van der Waals surface area contributed by atoms with Crippen LogP contribution < -0.4 is 5.48 Å². The van der Waals surface area contributed by atoms with Crippen molar-refractivity contribution in [1.82, 2.24) is 10.5 Å². The van der Waals surface area contributed by atoms with Crippen molar-refractivity contribution in [3.8, 4) is 0 Å². The molecule has 180 valence electrons.